The molecule has 10 heteroatoms. The minimum atomic E-state index is 0.372. The number of nitrogens with one attached hydrogen (secondary N) is 1. The summed E-state index contributed by atoms with van der Waals surface area (Å²) in [5, 5.41) is 4.01. The third-order valence-electron chi connectivity index (χ3n) is 4.79. The summed E-state index contributed by atoms with van der Waals surface area (Å²) < 4.78 is 7.85. The highest BCUT2D eigenvalue weighted by molar-refractivity contribution is 6.39. The summed E-state index contributed by atoms with van der Waals surface area (Å²) in [6.07, 6.45) is 7.47. The first-order chi connectivity index (χ1) is 13.1. The Bertz CT molecular complexity index is 795. The van der Waals surface area contributed by atoms with Crippen LogP contribution in [0.4, 0.5) is 17.3 Å². The molecule has 0 amide bonds. The number of halogens is 3. The van der Waals surface area contributed by atoms with Crippen molar-refractivity contribution in [3.63, 3.8) is 0 Å². The monoisotopic (exact) mass is 428 g/mol. The van der Waals surface area contributed by atoms with E-state index >= 15 is 0 Å². The Labute approximate surface area is 172 Å². The molecular formula is C17H19Cl3N6O. The predicted octanol–water partition coefficient (Wildman–Crippen LogP) is 4.13. The summed E-state index contributed by atoms with van der Waals surface area (Å²) in [6, 6.07) is 0.372. The Kier molecular flexibility index (Phi) is 5.73. The molecule has 7 nitrogen and oxygen atoms in total. The van der Waals surface area contributed by atoms with E-state index in [0.29, 0.717) is 39.9 Å². The number of aromatic nitrogens is 3. The summed E-state index contributed by atoms with van der Waals surface area (Å²) in [6.45, 7) is 3.19. The summed E-state index contributed by atoms with van der Waals surface area (Å²) in [7, 11) is 0. The molecule has 1 saturated heterocycles. The number of hydrogen-bond donors (Lipinski definition) is 1. The number of anilines is 3. The fraction of sp³-hybridized carbons (Fsp3) is 0.471. The number of hydrogen-bond acceptors (Lipinski definition) is 7. The maximum absolute atomic E-state index is 6.24. The first-order valence-electron chi connectivity index (χ1n) is 8.84. The van der Waals surface area contributed by atoms with E-state index in [1.807, 2.05) is 4.42 Å². The van der Waals surface area contributed by atoms with E-state index in [9.17, 15) is 0 Å². The van der Waals surface area contributed by atoms with E-state index in [4.69, 9.17) is 39.7 Å². The van der Waals surface area contributed by atoms with Gasteiger partial charge in [0.2, 0.25) is 5.75 Å². The van der Waals surface area contributed by atoms with Crippen LogP contribution in [0.25, 0.3) is 0 Å². The van der Waals surface area contributed by atoms with Crippen molar-refractivity contribution >= 4 is 52.3 Å². The number of ether oxygens (including phenoxy) is 1. The Morgan fingerprint density at radius 1 is 1.07 bits per heavy atom. The zero-order chi connectivity index (χ0) is 18.8. The zero-order valence-electron chi connectivity index (χ0n) is 14.5. The van der Waals surface area contributed by atoms with Gasteiger partial charge in [-0.1, -0.05) is 23.2 Å². The van der Waals surface area contributed by atoms with Crippen molar-refractivity contribution in [1.29, 1.82) is 0 Å². The van der Waals surface area contributed by atoms with Crippen molar-refractivity contribution in [3.8, 4) is 5.75 Å². The number of fused-ring (bicyclic) bond motifs is 1. The minimum Gasteiger partial charge on any atom is -0.486 e. The van der Waals surface area contributed by atoms with Crippen LogP contribution in [0.1, 0.15) is 19.3 Å². The maximum Gasteiger partial charge on any atom is 0.204 e. The summed E-state index contributed by atoms with van der Waals surface area (Å²) in [5.41, 5.74) is 0.545. The van der Waals surface area contributed by atoms with Gasteiger partial charge in [0.15, 0.2) is 11.6 Å². The Morgan fingerprint density at radius 3 is 2.56 bits per heavy atom. The molecule has 0 spiro atoms. The number of nitrogens with zero attached hydrogens (tertiary/aromatic N) is 5. The molecule has 0 unspecified atom stereocenters. The molecular weight excluding hydrogens is 411 g/mol. The molecule has 1 N–H and O–H groups in total. The lowest BCUT2D eigenvalue weighted by molar-refractivity contribution is 0.315. The van der Waals surface area contributed by atoms with Crippen LogP contribution in [0, 0.1) is 0 Å². The van der Waals surface area contributed by atoms with Crippen molar-refractivity contribution in [2.45, 2.75) is 25.3 Å². The van der Waals surface area contributed by atoms with Crippen molar-refractivity contribution < 1.29 is 4.74 Å². The molecule has 0 atom stereocenters. The van der Waals surface area contributed by atoms with Crippen molar-refractivity contribution in [2.75, 3.05) is 36.5 Å². The molecule has 2 aliphatic heterocycles. The van der Waals surface area contributed by atoms with Crippen LogP contribution in [-0.2, 0) is 0 Å². The van der Waals surface area contributed by atoms with Gasteiger partial charge < -0.3 is 15.0 Å². The van der Waals surface area contributed by atoms with E-state index in [-0.39, 0.29) is 0 Å². The standard InChI is InChI=1S/C17H19Cl3N6O/c18-12-8-21-9-13(19)14(12)24-16-15-17(23-10-22-16)26(4-1-7-27-15)11-2-5-25(20)6-3-11/h8-11H,1-7H2,(H,21,22,23,24). The number of rotatable bonds is 3. The fourth-order valence-electron chi connectivity index (χ4n) is 3.46. The lowest BCUT2D eigenvalue weighted by Gasteiger charge is -2.36. The topological polar surface area (TPSA) is 66.4 Å². The lowest BCUT2D eigenvalue weighted by atomic mass is 10.0. The third-order valence-corrected chi connectivity index (χ3v) is 5.71. The van der Waals surface area contributed by atoms with E-state index in [2.05, 4.69) is 25.2 Å². The highest BCUT2D eigenvalue weighted by Gasteiger charge is 2.30. The largest absolute Gasteiger partial charge is 0.486 e. The van der Waals surface area contributed by atoms with Crippen LogP contribution in [-0.4, -0.2) is 51.7 Å². The van der Waals surface area contributed by atoms with E-state index < -0.39 is 0 Å². The molecule has 144 valence electrons. The molecule has 4 rings (SSSR count). The molecule has 4 heterocycles. The fourth-order valence-corrected chi connectivity index (χ4v) is 4.11. The molecule has 0 aromatic carbocycles. The summed E-state index contributed by atoms with van der Waals surface area (Å²) in [4.78, 5) is 15.2. The van der Waals surface area contributed by atoms with Gasteiger partial charge in [-0.05, 0) is 31.0 Å². The van der Waals surface area contributed by atoms with Gasteiger partial charge in [-0.15, -0.1) is 0 Å². The van der Waals surface area contributed by atoms with Gasteiger partial charge in [0, 0.05) is 38.1 Å². The van der Waals surface area contributed by atoms with Crippen molar-refractivity contribution in [3.05, 3.63) is 28.8 Å². The Hall–Kier alpha value is -1.54. The van der Waals surface area contributed by atoms with Gasteiger partial charge >= 0.3 is 0 Å². The molecule has 0 radical (unpaired) electrons. The van der Waals surface area contributed by atoms with Gasteiger partial charge in [-0.2, -0.15) is 0 Å². The van der Waals surface area contributed by atoms with Gasteiger partial charge in [0.05, 0.1) is 22.3 Å². The minimum absolute atomic E-state index is 0.372. The third kappa shape index (κ3) is 4.01. The first-order valence-corrected chi connectivity index (χ1v) is 9.94. The Morgan fingerprint density at radius 2 is 1.81 bits per heavy atom. The molecule has 2 aliphatic rings. The number of piperidine rings is 1. The summed E-state index contributed by atoms with van der Waals surface area (Å²) >= 11 is 18.6. The van der Waals surface area contributed by atoms with Crippen LogP contribution in [0.15, 0.2) is 18.7 Å². The molecule has 27 heavy (non-hydrogen) atoms. The number of pyridine rings is 1. The van der Waals surface area contributed by atoms with Crippen LogP contribution in [0.5, 0.6) is 5.75 Å². The maximum atomic E-state index is 6.24. The van der Waals surface area contributed by atoms with Crippen LogP contribution < -0.4 is 15.0 Å². The second-order valence-electron chi connectivity index (χ2n) is 6.51. The quantitative estimate of drug-likeness (QED) is 0.736. The van der Waals surface area contributed by atoms with Gasteiger partial charge in [0.25, 0.3) is 0 Å². The first kappa shape index (κ1) is 18.8. The average Bonchev–Trinajstić information content (AvgIpc) is 2.89. The molecule has 1 fully saturated rings. The zero-order valence-corrected chi connectivity index (χ0v) is 16.8. The highest BCUT2D eigenvalue weighted by Crippen LogP contribution is 2.40. The Balaban J connectivity index is 1.67. The lowest BCUT2D eigenvalue weighted by Crippen LogP contribution is -2.43. The highest BCUT2D eigenvalue weighted by atomic mass is 35.5. The smallest absolute Gasteiger partial charge is 0.204 e. The predicted molar refractivity (Wildman–Crippen MR) is 107 cm³/mol. The molecule has 2 aromatic rings. The summed E-state index contributed by atoms with van der Waals surface area (Å²) in [5.74, 6) is 1.95. The van der Waals surface area contributed by atoms with Crippen LogP contribution in [0.2, 0.25) is 10.0 Å². The van der Waals surface area contributed by atoms with E-state index in [0.717, 1.165) is 44.7 Å². The molecule has 0 saturated carbocycles. The van der Waals surface area contributed by atoms with Crippen molar-refractivity contribution in [2.24, 2.45) is 0 Å². The normalized spacial score (nSPS) is 18.6. The van der Waals surface area contributed by atoms with Gasteiger partial charge in [0.1, 0.15) is 6.33 Å². The van der Waals surface area contributed by atoms with E-state index in [1.165, 1.54) is 18.7 Å². The van der Waals surface area contributed by atoms with Crippen LogP contribution >= 0.6 is 35.0 Å². The van der Waals surface area contributed by atoms with Gasteiger partial charge in [-0.25, -0.2) is 14.4 Å². The SMILES string of the molecule is Clc1cncc(Cl)c1Nc1ncnc2c1OCCCN2C1CCN(Cl)CC1. The molecule has 0 bridgehead atoms. The second-order valence-corrected chi connectivity index (χ2v) is 7.81. The van der Waals surface area contributed by atoms with Crippen LogP contribution in [0.3, 0.4) is 0 Å². The molecule has 2 aromatic heterocycles. The molecule has 0 aliphatic carbocycles. The van der Waals surface area contributed by atoms with E-state index in [1.54, 1.807) is 0 Å². The second kappa shape index (κ2) is 8.22. The van der Waals surface area contributed by atoms with Gasteiger partial charge in [-0.3, -0.25) is 4.98 Å². The van der Waals surface area contributed by atoms with Crippen molar-refractivity contribution in [1.82, 2.24) is 19.4 Å². The average molecular weight is 430 g/mol.